The molecule has 4 nitrogen and oxygen atoms in total. The fourth-order valence-corrected chi connectivity index (χ4v) is 1.02. The molecule has 1 N–H and O–H groups in total. The molecule has 1 rings (SSSR count). The maximum absolute atomic E-state index is 10.1. The van der Waals surface area contributed by atoms with E-state index < -0.39 is 5.97 Å². The first kappa shape index (κ1) is 6.44. The lowest BCUT2D eigenvalue weighted by atomic mass is 10.5. The summed E-state index contributed by atoms with van der Waals surface area (Å²) in [6.07, 6.45) is 0. The Bertz CT molecular complexity index is 235. The summed E-state index contributed by atoms with van der Waals surface area (Å²) in [6, 6.07) is 0. The van der Waals surface area contributed by atoms with Crippen molar-refractivity contribution in [3.8, 4) is 0 Å². The minimum Gasteiger partial charge on any atom is -0.476 e. The molecule has 9 heavy (non-hydrogen) atoms. The average Bonchev–Trinajstić information content (AvgIpc) is 2.13. The molecule has 0 aliphatic carbocycles. The highest BCUT2D eigenvalue weighted by molar-refractivity contribution is 6.99. The summed E-state index contributed by atoms with van der Waals surface area (Å²) >= 11 is 6.07. The van der Waals surface area contributed by atoms with Gasteiger partial charge in [0, 0.05) is 0 Å². The third-order valence-electron chi connectivity index (χ3n) is 0.651. The second kappa shape index (κ2) is 2.28. The van der Waals surface area contributed by atoms with Gasteiger partial charge in [0.25, 0.3) is 0 Å². The van der Waals surface area contributed by atoms with E-state index in [9.17, 15) is 4.79 Å². The Labute approximate surface area is 59.4 Å². The lowest BCUT2D eigenvalue weighted by Gasteiger charge is -1.80. The Morgan fingerprint density at radius 1 is 1.67 bits per heavy atom. The van der Waals surface area contributed by atoms with Crippen molar-refractivity contribution in [2.45, 2.75) is 0 Å². The van der Waals surface area contributed by atoms with Gasteiger partial charge in [0.05, 0.1) is 11.7 Å². The van der Waals surface area contributed by atoms with Gasteiger partial charge in [0.1, 0.15) is 0 Å². The van der Waals surface area contributed by atoms with Crippen LogP contribution in [0.3, 0.4) is 0 Å². The van der Waals surface area contributed by atoms with Gasteiger partial charge in [-0.1, -0.05) is 11.6 Å². The molecule has 0 radical (unpaired) electrons. The number of hydrogen-bond acceptors (Lipinski definition) is 4. The van der Waals surface area contributed by atoms with E-state index in [1.165, 1.54) is 0 Å². The molecule has 48 valence electrons. The van der Waals surface area contributed by atoms with Crippen molar-refractivity contribution in [1.82, 2.24) is 8.75 Å². The number of nitrogens with zero attached hydrogens (tertiary/aromatic N) is 2. The molecular weight excluding hydrogens is 164 g/mol. The van der Waals surface area contributed by atoms with Crippen LogP contribution in [0.2, 0.25) is 5.15 Å². The molecule has 0 atom stereocenters. The number of carboxylic acids is 1. The Morgan fingerprint density at radius 3 is 2.56 bits per heavy atom. The SMILES string of the molecule is O=C(O)c1nsnc1Cl. The van der Waals surface area contributed by atoms with Crippen molar-refractivity contribution in [2.24, 2.45) is 0 Å². The minimum atomic E-state index is -1.14. The van der Waals surface area contributed by atoms with Crippen LogP contribution in [-0.4, -0.2) is 19.8 Å². The van der Waals surface area contributed by atoms with Gasteiger partial charge in [-0.15, -0.1) is 0 Å². The molecule has 6 heteroatoms. The molecule has 0 fully saturated rings. The Morgan fingerprint density at radius 2 is 2.33 bits per heavy atom. The molecule has 1 heterocycles. The Hall–Kier alpha value is -0.680. The van der Waals surface area contributed by atoms with Gasteiger partial charge in [0.15, 0.2) is 5.15 Å². The van der Waals surface area contributed by atoms with Crippen LogP contribution in [0.4, 0.5) is 0 Å². The van der Waals surface area contributed by atoms with E-state index in [1.54, 1.807) is 0 Å². The van der Waals surface area contributed by atoms with Crippen LogP contribution >= 0.6 is 23.3 Å². The van der Waals surface area contributed by atoms with E-state index in [-0.39, 0.29) is 10.8 Å². The van der Waals surface area contributed by atoms with Gasteiger partial charge >= 0.3 is 5.97 Å². The quantitative estimate of drug-likeness (QED) is 0.670. The van der Waals surface area contributed by atoms with Crippen LogP contribution in [0, 0.1) is 0 Å². The Balaban J connectivity index is 3.08. The van der Waals surface area contributed by atoms with Crippen LogP contribution in [0.1, 0.15) is 10.5 Å². The van der Waals surface area contributed by atoms with Gasteiger partial charge in [0.2, 0.25) is 5.69 Å². The second-order valence-electron chi connectivity index (χ2n) is 1.21. The third kappa shape index (κ3) is 1.17. The molecule has 0 aromatic carbocycles. The second-order valence-corrected chi connectivity index (χ2v) is 2.10. The molecule has 0 spiro atoms. The molecule has 0 unspecified atom stereocenters. The van der Waals surface area contributed by atoms with Gasteiger partial charge in [-0.3, -0.25) is 0 Å². The predicted octanol–water partition coefficient (Wildman–Crippen LogP) is 0.890. The third-order valence-corrected chi connectivity index (χ3v) is 1.54. The zero-order chi connectivity index (χ0) is 6.85. The highest BCUT2D eigenvalue weighted by Crippen LogP contribution is 2.10. The summed E-state index contributed by atoms with van der Waals surface area (Å²) in [5, 5.41) is 8.23. The molecule has 0 saturated heterocycles. The molecule has 1 aromatic heterocycles. The number of rotatable bonds is 1. The molecule has 0 aliphatic heterocycles. The van der Waals surface area contributed by atoms with E-state index in [4.69, 9.17) is 16.7 Å². The van der Waals surface area contributed by atoms with Gasteiger partial charge in [-0.2, -0.15) is 8.75 Å². The number of carboxylic acid groups (broad SMARTS) is 1. The van der Waals surface area contributed by atoms with Crippen LogP contribution in [0.25, 0.3) is 0 Å². The summed E-state index contributed by atoms with van der Waals surface area (Å²) in [5.41, 5.74) is -0.179. The number of halogens is 1. The lowest BCUT2D eigenvalue weighted by molar-refractivity contribution is 0.0692. The maximum atomic E-state index is 10.1. The van der Waals surface area contributed by atoms with Crippen molar-refractivity contribution in [3.05, 3.63) is 10.8 Å². The minimum absolute atomic E-state index is 0.0486. The first-order valence-electron chi connectivity index (χ1n) is 1.93. The Kier molecular flexibility index (Phi) is 1.63. The van der Waals surface area contributed by atoms with Crippen LogP contribution in [-0.2, 0) is 0 Å². The van der Waals surface area contributed by atoms with E-state index in [2.05, 4.69) is 8.75 Å². The summed E-state index contributed by atoms with van der Waals surface area (Å²) in [6.45, 7) is 0. The molecular formula is C3HClN2O2S. The fraction of sp³-hybridized carbons (Fsp3) is 0. The van der Waals surface area contributed by atoms with Crippen LogP contribution in [0.15, 0.2) is 0 Å². The first-order valence-corrected chi connectivity index (χ1v) is 3.04. The average molecular weight is 165 g/mol. The first-order chi connectivity index (χ1) is 4.22. The number of aromatic carboxylic acids is 1. The van der Waals surface area contributed by atoms with Crippen LogP contribution < -0.4 is 0 Å². The van der Waals surface area contributed by atoms with Crippen molar-refractivity contribution < 1.29 is 9.90 Å². The van der Waals surface area contributed by atoms with Crippen molar-refractivity contribution in [1.29, 1.82) is 0 Å². The largest absolute Gasteiger partial charge is 0.476 e. The van der Waals surface area contributed by atoms with E-state index in [1.807, 2.05) is 0 Å². The zero-order valence-electron chi connectivity index (χ0n) is 4.04. The molecule has 0 aliphatic rings. The smallest absolute Gasteiger partial charge is 0.358 e. The molecule has 1 aromatic rings. The molecule has 0 amide bonds. The predicted molar refractivity (Wildman–Crippen MR) is 31.9 cm³/mol. The van der Waals surface area contributed by atoms with Gasteiger partial charge < -0.3 is 5.11 Å². The summed E-state index contributed by atoms with van der Waals surface area (Å²) in [5.74, 6) is -1.14. The summed E-state index contributed by atoms with van der Waals surface area (Å²) in [7, 11) is 0. The topological polar surface area (TPSA) is 63.1 Å². The number of hydrogen-bond donors (Lipinski definition) is 1. The van der Waals surface area contributed by atoms with E-state index in [0.29, 0.717) is 0 Å². The summed E-state index contributed by atoms with van der Waals surface area (Å²) in [4.78, 5) is 10.1. The fourth-order valence-electron chi connectivity index (χ4n) is 0.305. The van der Waals surface area contributed by atoms with Crippen molar-refractivity contribution >= 4 is 29.3 Å². The van der Waals surface area contributed by atoms with Gasteiger partial charge in [-0.05, 0) is 0 Å². The zero-order valence-corrected chi connectivity index (χ0v) is 5.61. The maximum Gasteiger partial charge on any atom is 0.358 e. The van der Waals surface area contributed by atoms with Gasteiger partial charge in [-0.25, -0.2) is 4.79 Å². The monoisotopic (exact) mass is 164 g/mol. The highest BCUT2D eigenvalue weighted by Gasteiger charge is 2.11. The van der Waals surface area contributed by atoms with Crippen molar-refractivity contribution in [2.75, 3.05) is 0 Å². The summed E-state index contributed by atoms with van der Waals surface area (Å²) < 4.78 is 6.87. The standard InChI is InChI=1S/C3HClN2O2S/c4-2-1(3(7)8)5-9-6-2/h(H,7,8). The van der Waals surface area contributed by atoms with Crippen LogP contribution in [0.5, 0.6) is 0 Å². The lowest BCUT2D eigenvalue weighted by Crippen LogP contribution is -1.96. The molecule has 0 saturated carbocycles. The molecule has 0 bridgehead atoms. The number of aromatic nitrogens is 2. The number of carbonyl (C=O) groups is 1. The van der Waals surface area contributed by atoms with Crippen molar-refractivity contribution in [3.63, 3.8) is 0 Å². The normalized spacial score (nSPS) is 9.44. The highest BCUT2D eigenvalue weighted by atomic mass is 35.5. The van der Waals surface area contributed by atoms with E-state index in [0.717, 1.165) is 11.7 Å². The van der Waals surface area contributed by atoms with E-state index >= 15 is 0 Å².